The Morgan fingerprint density at radius 1 is 1.33 bits per heavy atom. The van der Waals surface area contributed by atoms with Crippen LogP contribution in [-0.2, 0) is 5.41 Å². The highest BCUT2D eigenvalue weighted by Gasteiger charge is 2.27. The molecule has 0 saturated carbocycles. The number of aliphatic hydroxyl groups is 1. The van der Waals surface area contributed by atoms with Crippen LogP contribution in [-0.4, -0.2) is 18.8 Å². The number of methoxy groups -OCH3 is 1. The van der Waals surface area contributed by atoms with Crippen molar-refractivity contribution in [3.63, 3.8) is 0 Å². The molecule has 2 rings (SSSR count). The van der Waals surface area contributed by atoms with Gasteiger partial charge >= 0.3 is 0 Å². The maximum atomic E-state index is 10.2. The van der Waals surface area contributed by atoms with Crippen LogP contribution in [0.25, 0.3) is 0 Å². The first kappa shape index (κ1) is 13.2. The molecule has 3 nitrogen and oxygen atoms in total. The lowest BCUT2D eigenvalue weighted by Gasteiger charge is -2.25. The predicted octanol–water partition coefficient (Wildman–Crippen LogP) is 3.20. The first-order chi connectivity index (χ1) is 8.43. The van der Waals surface area contributed by atoms with Crippen molar-refractivity contribution in [2.45, 2.75) is 45.1 Å². The molecule has 1 aromatic carbocycles. The van der Waals surface area contributed by atoms with E-state index in [4.69, 9.17) is 9.47 Å². The topological polar surface area (TPSA) is 38.7 Å². The van der Waals surface area contributed by atoms with Crippen LogP contribution in [0.5, 0.6) is 11.5 Å². The summed E-state index contributed by atoms with van der Waals surface area (Å²) in [7, 11) is 1.65. The molecule has 0 aliphatic carbocycles. The number of aliphatic hydroxyl groups excluding tert-OH is 1. The minimum Gasteiger partial charge on any atom is -0.497 e. The summed E-state index contributed by atoms with van der Waals surface area (Å²) < 4.78 is 11.2. The van der Waals surface area contributed by atoms with E-state index in [1.54, 1.807) is 7.11 Å². The lowest BCUT2D eigenvalue weighted by Crippen LogP contribution is -2.15. The largest absolute Gasteiger partial charge is 0.497 e. The van der Waals surface area contributed by atoms with E-state index in [-0.39, 0.29) is 5.41 Å². The highest BCUT2D eigenvalue weighted by Crippen LogP contribution is 2.42. The van der Waals surface area contributed by atoms with Crippen LogP contribution in [0.3, 0.4) is 0 Å². The summed E-state index contributed by atoms with van der Waals surface area (Å²) in [6.07, 6.45) is 1.16. The van der Waals surface area contributed by atoms with Gasteiger partial charge in [-0.1, -0.05) is 20.8 Å². The second-order valence-electron chi connectivity index (χ2n) is 5.85. The van der Waals surface area contributed by atoms with Crippen molar-refractivity contribution in [2.75, 3.05) is 13.7 Å². The monoisotopic (exact) mass is 250 g/mol. The second kappa shape index (κ2) is 4.81. The molecule has 0 amide bonds. The van der Waals surface area contributed by atoms with Crippen LogP contribution in [0.1, 0.15) is 50.8 Å². The third-order valence-corrected chi connectivity index (χ3v) is 3.36. The smallest absolute Gasteiger partial charge is 0.129 e. The summed E-state index contributed by atoms with van der Waals surface area (Å²) in [6.45, 7) is 7.09. The zero-order valence-corrected chi connectivity index (χ0v) is 11.6. The summed E-state index contributed by atoms with van der Waals surface area (Å²) >= 11 is 0. The molecule has 0 bridgehead atoms. The molecule has 0 radical (unpaired) electrons. The van der Waals surface area contributed by atoms with Gasteiger partial charge in [0.05, 0.1) is 19.8 Å². The van der Waals surface area contributed by atoms with Gasteiger partial charge in [0.25, 0.3) is 0 Å². The average molecular weight is 250 g/mol. The van der Waals surface area contributed by atoms with E-state index in [1.165, 1.54) is 0 Å². The highest BCUT2D eigenvalue weighted by molar-refractivity contribution is 5.51. The molecule has 0 saturated heterocycles. The van der Waals surface area contributed by atoms with Gasteiger partial charge in [-0.3, -0.25) is 0 Å². The van der Waals surface area contributed by atoms with Gasteiger partial charge in [-0.25, -0.2) is 0 Å². The first-order valence-corrected chi connectivity index (χ1v) is 6.46. The van der Waals surface area contributed by atoms with Gasteiger partial charge in [0.2, 0.25) is 0 Å². The number of benzene rings is 1. The van der Waals surface area contributed by atoms with Gasteiger partial charge in [0, 0.05) is 11.1 Å². The van der Waals surface area contributed by atoms with Crippen LogP contribution in [0, 0.1) is 0 Å². The average Bonchev–Trinajstić information content (AvgIpc) is 2.49. The Morgan fingerprint density at radius 2 is 2.06 bits per heavy atom. The zero-order valence-electron chi connectivity index (χ0n) is 11.6. The molecular formula is C15H22O3. The minimum absolute atomic E-state index is 0.0390. The molecule has 1 atom stereocenters. The third-order valence-electron chi connectivity index (χ3n) is 3.36. The van der Waals surface area contributed by atoms with Crippen LogP contribution in [0.2, 0.25) is 0 Å². The van der Waals surface area contributed by atoms with E-state index in [9.17, 15) is 5.11 Å². The molecule has 0 unspecified atom stereocenters. The number of rotatable bonds is 1. The molecule has 0 spiro atoms. The molecule has 18 heavy (non-hydrogen) atoms. The van der Waals surface area contributed by atoms with Gasteiger partial charge in [0.1, 0.15) is 11.5 Å². The van der Waals surface area contributed by atoms with Crippen molar-refractivity contribution in [3.05, 3.63) is 23.3 Å². The Balaban J connectivity index is 2.62. The second-order valence-corrected chi connectivity index (χ2v) is 5.85. The Kier molecular flexibility index (Phi) is 3.53. The van der Waals surface area contributed by atoms with Gasteiger partial charge in [0.15, 0.2) is 0 Å². The number of hydrogen-bond acceptors (Lipinski definition) is 3. The summed E-state index contributed by atoms with van der Waals surface area (Å²) in [5.41, 5.74) is 1.91. The summed E-state index contributed by atoms with van der Waals surface area (Å²) in [4.78, 5) is 0. The molecule has 1 N–H and O–H groups in total. The molecule has 0 aromatic heterocycles. The van der Waals surface area contributed by atoms with E-state index < -0.39 is 6.10 Å². The third kappa shape index (κ3) is 2.46. The molecule has 3 heteroatoms. The molecular weight excluding hydrogens is 228 g/mol. The van der Waals surface area contributed by atoms with E-state index in [0.29, 0.717) is 6.61 Å². The van der Waals surface area contributed by atoms with Gasteiger partial charge in [-0.05, 0) is 30.4 Å². The lowest BCUT2D eigenvalue weighted by atomic mass is 9.84. The van der Waals surface area contributed by atoms with Gasteiger partial charge < -0.3 is 14.6 Å². The van der Waals surface area contributed by atoms with E-state index >= 15 is 0 Å². The van der Waals surface area contributed by atoms with Gasteiger partial charge in [-0.15, -0.1) is 0 Å². The maximum absolute atomic E-state index is 10.2. The van der Waals surface area contributed by atoms with Crippen molar-refractivity contribution in [2.24, 2.45) is 0 Å². The van der Waals surface area contributed by atoms with Crippen molar-refractivity contribution in [3.8, 4) is 11.5 Å². The molecule has 1 heterocycles. The Hall–Kier alpha value is -1.22. The summed E-state index contributed by atoms with van der Waals surface area (Å²) in [5.74, 6) is 1.62. The van der Waals surface area contributed by atoms with Gasteiger partial charge in [-0.2, -0.15) is 0 Å². The van der Waals surface area contributed by atoms with Crippen molar-refractivity contribution < 1.29 is 14.6 Å². The number of hydrogen-bond donors (Lipinski definition) is 1. The Bertz CT molecular complexity index is 432. The number of fused-ring (bicyclic) bond motifs is 1. The van der Waals surface area contributed by atoms with Crippen LogP contribution < -0.4 is 9.47 Å². The fraction of sp³-hybridized carbons (Fsp3) is 0.600. The quantitative estimate of drug-likeness (QED) is 0.832. The highest BCUT2D eigenvalue weighted by atomic mass is 16.5. The fourth-order valence-corrected chi connectivity index (χ4v) is 2.31. The van der Waals surface area contributed by atoms with Crippen molar-refractivity contribution in [1.29, 1.82) is 0 Å². The maximum Gasteiger partial charge on any atom is 0.129 e. The van der Waals surface area contributed by atoms with E-state index in [1.807, 2.05) is 12.1 Å². The number of ether oxygens (including phenoxy) is 2. The summed E-state index contributed by atoms with van der Waals surface area (Å²) in [5, 5.41) is 10.2. The standard InChI is InChI=1S/C15H22O3/c1-15(2,3)12-9-10(17-4)8-11-13(16)6-5-7-18-14(11)12/h8-9,13,16H,5-7H2,1-4H3/t13-/m1/s1. The normalized spacial score (nSPS) is 19.7. The van der Waals surface area contributed by atoms with Crippen LogP contribution in [0.15, 0.2) is 12.1 Å². The molecule has 1 aromatic rings. The first-order valence-electron chi connectivity index (χ1n) is 6.46. The predicted molar refractivity (Wildman–Crippen MR) is 71.4 cm³/mol. The molecule has 100 valence electrons. The Morgan fingerprint density at radius 3 is 2.67 bits per heavy atom. The SMILES string of the molecule is COc1cc2c(c(C(C)(C)C)c1)OCCC[C@H]2O. The molecule has 0 fully saturated rings. The lowest BCUT2D eigenvalue weighted by molar-refractivity contribution is 0.167. The molecule has 1 aliphatic heterocycles. The van der Waals surface area contributed by atoms with E-state index in [2.05, 4.69) is 20.8 Å². The minimum atomic E-state index is -0.460. The van der Waals surface area contributed by atoms with E-state index in [0.717, 1.165) is 35.5 Å². The summed E-state index contributed by atoms with van der Waals surface area (Å²) in [6, 6.07) is 3.90. The fourth-order valence-electron chi connectivity index (χ4n) is 2.31. The zero-order chi connectivity index (χ0) is 13.3. The van der Waals surface area contributed by atoms with Crippen molar-refractivity contribution >= 4 is 0 Å². The van der Waals surface area contributed by atoms with Crippen molar-refractivity contribution in [1.82, 2.24) is 0 Å². The Labute approximate surface area is 109 Å². The van der Waals surface area contributed by atoms with Crippen LogP contribution in [0.4, 0.5) is 0 Å². The van der Waals surface area contributed by atoms with Crippen LogP contribution >= 0.6 is 0 Å². The molecule has 1 aliphatic rings.